The number of nitrogens with one attached hydrogen (secondary N) is 1. The number of carboxylic acids is 1. The minimum Gasteiger partial charge on any atom is -0.481 e. The number of nitro groups is 1. The standard InChI is InChI=1S/C14H17ClN2O4/c15-12-7-11(17(20)21)5-6-13(12)16-8-9-1-3-10(4-2-9)14(18)19/h5-7,9-10,16H,1-4,8H2,(H,18,19). The summed E-state index contributed by atoms with van der Waals surface area (Å²) in [6.07, 6.45) is 3.15. The SMILES string of the molecule is O=C(O)C1CCC(CNc2ccc([N+](=O)[O-])cc2Cl)CC1. The molecule has 1 aromatic rings. The van der Waals surface area contributed by atoms with Crippen LogP contribution in [0.4, 0.5) is 11.4 Å². The van der Waals surface area contributed by atoms with Crippen molar-refractivity contribution in [1.29, 1.82) is 0 Å². The van der Waals surface area contributed by atoms with Crippen molar-refractivity contribution >= 4 is 28.9 Å². The third kappa shape index (κ3) is 4.07. The first-order valence-corrected chi connectivity index (χ1v) is 7.25. The van der Waals surface area contributed by atoms with Crippen LogP contribution in [0.15, 0.2) is 18.2 Å². The molecule has 0 atom stereocenters. The molecule has 7 heteroatoms. The topological polar surface area (TPSA) is 92.5 Å². The molecule has 0 spiro atoms. The highest BCUT2D eigenvalue weighted by Crippen LogP contribution is 2.31. The molecular formula is C14H17ClN2O4. The lowest BCUT2D eigenvalue weighted by Crippen LogP contribution is -2.25. The van der Waals surface area contributed by atoms with Crippen molar-refractivity contribution in [3.05, 3.63) is 33.3 Å². The van der Waals surface area contributed by atoms with E-state index < -0.39 is 10.9 Å². The number of nitrogens with zero attached hydrogens (tertiary/aromatic N) is 1. The number of rotatable bonds is 5. The zero-order chi connectivity index (χ0) is 15.4. The van der Waals surface area contributed by atoms with E-state index in [4.69, 9.17) is 16.7 Å². The van der Waals surface area contributed by atoms with Gasteiger partial charge in [-0.25, -0.2) is 0 Å². The van der Waals surface area contributed by atoms with E-state index in [-0.39, 0.29) is 11.6 Å². The second kappa shape index (κ2) is 6.76. The number of halogens is 1. The van der Waals surface area contributed by atoms with E-state index in [0.29, 0.717) is 36.0 Å². The van der Waals surface area contributed by atoms with Crippen LogP contribution in [0.1, 0.15) is 25.7 Å². The third-order valence-corrected chi connectivity index (χ3v) is 4.25. The molecule has 1 aliphatic carbocycles. The van der Waals surface area contributed by atoms with Gasteiger partial charge in [-0.05, 0) is 37.7 Å². The summed E-state index contributed by atoms with van der Waals surface area (Å²) < 4.78 is 0. The van der Waals surface area contributed by atoms with Crippen molar-refractivity contribution in [2.24, 2.45) is 11.8 Å². The van der Waals surface area contributed by atoms with Crippen LogP contribution in [0, 0.1) is 22.0 Å². The molecule has 2 rings (SSSR count). The summed E-state index contributed by atoms with van der Waals surface area (Å²) in [5, 5.41) is 23.1. The van der Waals surface area contributed by atoms with Gasteiger partial charge in [-0.3, -0.25) is 14.9 Å². The number of benzene rings is 1. The van der Waals surface area contributed by atoms with Gasteiger partial charge in [0, 0.05) is 18.7 Å². The molecular weight excluding hydrogens is 296 g/mol. The van der Waals surface area contributed by atoms with Crippen LogP contribution in [-0.4, -0.2) is 22.5 Å². The minimum atomic E-state index is -0.708. The summed E-state index contributed by atoms with van der Waals surface area (Å²) in [5.41, 5.74) is 0.634. The first kappa shape index (κ1) is 15.6. The van der Waals surface area contributed by atoms with Crippen LogP contribution < -0.4 is 5.32 Å². The van der Waals surface area contributed by atoms with Gasteiger partial charge >= 0.3 is 5.97 Å². The molecule has 21 heavy (non-hydrogen) atoms. The highest BCUT2D eigenvalue weighted by Gasteiger charge is 2.25. The van der Waals surface area contributed by atoms with Gasteiger partial charge in [0.2, 0.25) is 0 Å². The summed E-state index contributed by atoms with van der Waals surface area (Å²) >= 11 is 6.01. The summed E-state index contributed by atoms with van der Waals surface area (Å²) in [4.78, 5) is 21.0. The highest BCUT2D eigenvalue weighted by molar-refractivity contribution is 6.33. The van der Waals surface area contributed by atoms with Crippen molar-refractivity contribution < 1.29 is 14.8 Å². The summed E-state index contributed by atoms with van der Waals surface area (Å²) in [5.74, 6) is -0.518. The van der Waals surface area contributed by atoms with Crippen molar-refractivity contribution in [2.75, 3.05) is 11.9 Å². The first-order valence-electron chi connectivity index (χ1n) is 6.88. The van der Waals surface area contributed by atoms with Crippen LogP contribution in [0.2, 0.25) is 5.02 Å². The van der Waals surface area contributed by atoms with E-state index in [1.807, 2.05) is 0 Å². The predicted molar refractivity (Wildman–Crippen MR) is 79.7 cm³/mol. The van der Waals surface area contributed by atoms with Gasteiger partial charge in [0.1, 0.15) is 0 Å². The molecule has 1 aliphatic rings. The zero-order valence-corrected chi connectivity index (χ0v) is 12.2. The molecule has 1 saturated carbocycles. The molecule has 0 aromatic heterocycles. The second-order valence-electron chi connectivity index (χ2n) is 5.36. The Morgan fingerprint density at radius 3 is 2.57 bits per heavy atom. The van der Waals surface area contributed by atoms with Crippen LogP contribution >= 0.6 is 11.6 Å². The van der Waals surface area contributed by atoms with Gasteiger partial charge < -0.3 is 10.4 Å². The number of non-ortho nitro benzene ring substituents is 1. The number of hydrogen-bond donors (Lipinski definition) is 2. The summed E-state index contributed by atoms with van der Waals surface area (Å²) in [6, 6.07) is 4.34. The first-order chi connectivity index (χ1) is 9.97. The van der Waals surface area contributed by atoms with Gasteiger partial charge in [-0.2, -0.15) is 0 Å². The molecule has 1 aromatic carbocycles. The Labute approximate surface area is 127 Å². The van der Waals surface area contributed by atoms with Crippen molar-refractivity contribution in [3.63, 3.8) is 0 Å². The predicted octanol–water partition coefficient (Wildman–Crippen LogP) is 3.55. The second-order valence-corrected chi connectivity index (χ2v) is 5.77. The molecule has 0 aliphatic heterocycles. The zero-order valence-electron chi connectivity index (χ0n) is 11.4. The molecule has 2 N–H and O–H groups in total. The van der Waals surface area contributed by atoms with Crippen LogP contribution in [-0.2, 0) is 4.79 Å². The molecule has 0 heterocycles. The largest absolute Gasteiger partial charge is 0.481 e. The van der Waals surface area contributed by atoms with Crippen molar-refractivity contribution in [1.82, 2.24) is 0 Å². The summed E-state index contributed by atoms with van der Waals surface area (Å²) in [6.45, 7) is 0.698. The quantitative estimate of drug-likeness (QED) is 0.640. The number of carboxylic acid groups (broad SMARTS) is 1. The Morgan fingerprint density at radius 2 is 2.05 bits per heavy atom. The fraction of sp³-hybridized carbons (Fsp3) is 0.500. The maximum atomic E-state index is 10.9. The number of anilines is 1. The van der Waals surface area contributed by atoms with Gasteiger partial charge in [0.25, 0.3) is 5.69 Å². The fourth-order valence-electron chi connectivity index (χ4n) is 2.63. The monoisotopic (exact) mass is 312 g/mol. The average molecular weight is 313 g/mol. The Kier molecular flexibility index (Phi) is 5.01. The van der Waals surface area contributed by atoms with Crippen molar-refractivity contribution in [2.45, 2.75) is 25.7 Å². The number of hydrogen-bond acceptors (Lipinski definition) is 4. The molecule has 0 saturated heterocycles. The number of carbonyl (C=O) groups is 1. The number of nitro benzene ring substituents is 1. The van der Waals surface area contributed by atoms with E-state index >= 15 is 0 Å². The smallest absolute Gasteiger partial charge is 0.306 e. The van der Waals surface area contributed by atoms with Crippen molar-refractivity contribution in [3.8, 4) is 0 Å². The fourth-order valence-corrected chi connectivity index (χ4v) is 2.87. The Morgan fingerprint density at radius 1 is 1.38 bits per heavy atom. The molecule has 114 valence electrons. The van der Waals surface area contributed by atoms with Gasteiger partial charge in [-0.1, -0.05) is 11.6 Å². The van der Waals surface area contributed by atoms with E-state index in [1.54, 1.807) is 6.07 Å². The highest BCUT2D eigenvalue weighted by atomic mass is 35.5. The molecule has 0 bridgehead atoms. The van der Waals surface area contributed by atoms with E-state index in [9.17, 15) is 14.9 Å². The third-order valence-electron chi connectivity index (χ3n) is 3.94. The van der Waals surface area contributed by atoms with Gasteiger partial charge in [0.05, 0.1) is 21.6 Å². The van der Waals surface area contributed by atoms with Crippen LogP contribution in [0.5, 0.6) is 0 Å². The minimum absolute atomic E-state index is 0.0347. The normalized spacial score (nSPS) is 21.8. The maximum absolute atomic E-state index is 10.9. The van der Waals surface area contributed by atoms with E-state index in [0.717, 1.165) is 12.8 Å². The lowest BCUT2D eigenvalue weighted by molar-refractivity contribution is -0.384. The average Bonchev–Trinajstić information content (AvgIpc) is 2.46. The maximum Gasteiger partial charge on any atom is 0.306 e. The molecule has 0 radical (unpaired) electrons. The number of aliphatic carboxylic acids is 1. The molecule has 0 unspecified atom stereocenters. The van der Waals surface area contributed by atoms with Crippen LogP contribution in [0.3, 0.4) is 0 Å². The Balaban J connectivity index is 1.87. The lowest BCUT2D eigenvalue weighted by Gasteiger charge is -2.26. The Hall–Kier alpha value is -1.82. The van der Waals surface area contributed by atoms with Crippen LogP contribution in [0.25, 0.3) is 0 Å². The molecule has 6 nitrogen and oxygen atoms in total. The molecule has 0 amide bonds. The van der Waals surface area contributed by atoms with Gasteiger partial charge in [0.15, 0.2) is 0 Å². The van der Waals surface area contributed by atoms with E-state index in [2.05, 4.69) is 5.32 Å². The molecule has 1 fully saturated rings. The Bertz CT molecular complexity index is 542. The van der Waals surface area contributed by atoms with Gasteiger partial charge in [-0.15, -0.1) is 0 Å². The summed E-state index contributed by atoms with van der Waals surface area (Å²) in [7, 11) is 0. The lowest BCUT2D eigenvalue weighted by atomic mass is 9.82. The van der Waals surface area contributed by atoms with E-state index in [1.165, 1.54) is 12.1 Å².